The van der Waals surface area contributed by atoms with E-state index in [0.717, 1.165) is 16.3 Å². The Morgan fingerprint density at radius 3 is 2.18 bits per heavy atom. The molecule has 134 valence electrons. The Morgan fingerprint density at radius 2 is 1.50 bits per heavy atom. The van der Waals surface area contributed by atoms with Gasteiger partial charge in [0.25, 0.3) is 0 Å². The number of nitrogens with zero attached hydrogens (tertiary/aromatic N) is 2. The van der Waals surface area contributed by atoms with Crippen LogP contribution in [-0.2, 0) is 0 Å². The molecular formula is C23H15N3O2. The van der Waals surface area contributed by atoms with Crippen molar-refractivity contribution in [2.75, 3.05) is 5.73 Å². The molecule has 0 aliphatic heterocycles. The molecule has 2 N–H and O–H groups in total. The van der Waals surface area contributed by atoms with Gasteiger partial charge in [0.1, 0.15) is 11.8 Å². The molecule has 4 rings (SSSR count). The van der Waals surface area contributed by atoms with Crippen LogP contribution in [0.3, 0.4) is 0 Å². The van der Waals surface area contributed by atoms with Gasteiger partial charge in [0.2, 0.25) is 0 Å². The summed E-state index contributed by atoms with van der Waals surface area (Å²) in [6, 6.07) is 26.5. The maximum atomic E-state index is 11.7. The summed E-state index contributed by atoms with van der Waals surface area (Å²) in [4.78, 5) is 11.2. The molecule has 0 fully saturated rings. The Bertz CT molecular complexity index is 1260. The van der Waals surface area contributed by atoms with Gasteiger partial charge in [-0.3, -0.25) is 10.1 Å². The fourth-order valence-electron chi connectivity index (χ4n) is 3.43. The molecule has 4 aromatic carbocycles. The number of fused-ring (bicyclic) bond motifs is 1. The quantitative estimate of drug-likeness (QED) is 0.293. The van der Waals surface area contributed by atoms with Crippen molar-refractivity contribution in [3.8, 4) is 28.3 Å². The number of benzene rings is 4. The van der Waals surface area contributed by atoms with Crippen molar-refractivity contribution < 1.29 is 4.92 Å². The highest BCUT2D eigenvalue weighted by Crippen LogP contribution is 2.42. The number of nitrogens with two attached hydrogens (primary N) is 1. The van der Waals surface area contributed by atoms with Gasteiger partial charge in [-0.05, 0) is 34.0 Å². The van der Waals surface area contributed by atoms with E-state index in [1.807, 2.05) is 60.7 Å². The maximum Gasteiger partial charge on any atom is 0.301 e. The molecule has 0 unspecified atom stereocenters. The van der Waals surface area contributed by atoms with Crippen LogP contribution < -0.4 is 5.73 Å². The average molecular weight is 365 g/mol. The molecule has 0 spiro atoms. The SMILES string of the molecule is N#Cc1c(-c2ccc3ccccc3c2)cc(-c2ccccc2)c([N+](=O)[O-])c1N. The molecular weight excluding hydrogens is 350 g/mol. The van der Waals surface area contributed by atoms with Crippen molar-refractivity contribution >= 4 is 22.1 Å². The minimum Gasteiger partial charge on any atom is -0.392 e. The average Bonchev–Trinajstić information content (AvgIpc) is 2.73. The predicted octanol–water partition coefficient (Wildman–Crippen LogP) is 5.54. The fraction of sp³-hybridized carbons (Fsp3) is 0. The molecule has 28 heavy (non-hydrogen) atoms. The van der Waals surface area contributed by atoms with Crippen LogP contribution in [-0.4, -0.2) is 4.92 Å². The minimum absolute atomic E-state index is 0.113. The highest BCUT2D eigenvalue weighted by molar-refractivity contribution is 5.95. The molecule has 0 aliphatic carbocycles. The van der Waals surface area contributed by atoms with Gasteiger partial charge >= 0.3 is 5.69 Å². The van der Waals surface area contributed by atoms with Crippen LogP contribution in [0.4, 0.5) is 11.4 Å². The number of nitro groups is 1. The van der Waals surface area contributed by atoms with Gasteiger partial charge in [-0.15, -0.1) is 0 Å². The summed E-state index contributed by atoms with van der Waals surface area (Å²) < 4.78 is 0. The van der Waals surface area contributed by atoms with Crippen LogP contribution in [0.15, 0.2) is 78.9 Å². The van der Waals surface area contributed by atoms with Crippen LogP contribution in [0.2, 0.25) is 0 Å². The number of hydrogen-bond acceptors (Lipinski definition) is 4. The fourth-order valence-corrected chi connectivity index (χ4v) is 3.43. The van der Waals surface area contributed by atoms with E-state index in [2.05, 4.69) is 6.07 Å². The number of nitro benzene ring substituents is 1. The molecule has 0 saturated carbocycles. The van der Waals surface area contributed by atoms with E-state index in [9.17, 15) is 15.4 Å². The Balaban J connectivity index is 2.05. The highest BCUT2D eigenvalue weighted by atomic mass is 16.6. The predicted molar refractivity (Wildman–Crippen MR) is 111 cm³/mol. The second-order valence-electron chi connectivity index (χ2n) is 6.41. The first-order valence-corrected chi connectivity index (χ1v) is 8.65. The lowest BCUT2D eigenvalue weighted by atomic mass is 9.91. The van der Waals surface area contributed by atoms with Crippen LogP contribution >= 0.6 is 0 Å². The molecule has 5 heteroatoms. The topological polar surface area (TPSA) is 92.9 Å². The van der Waals surface area contributed by atoms with E-state index in [-0.39, 0.29) is 16.9 Å². The summed E-state index contributed by atoms with van der Waals surface area (Å²) in [6.45, 7) is 0. The van der Waals surface area contributed by atoms with Gasteiger partial charge in [0, 0.05) is 5.56 Å². The second kappa shape index (κ2) is 6.86. The molecule has 0 heterocycles. The summed E-state index contributed by atoms with van der Waals surface area (Å²) in [5.74, 6) is 0. The van der Waals surface area contributed by atoms with E-state index in [1.165, 1.54) is 0 Å². The third kappa shape index (κ3) is 2.83. The Morgan fingerprint density at radius 1 is 0.821 bits per heavy atom. The molecule has 0 saturated heterocycles. The highest BCUT2D eigenvalue weighted by Gasteiger charge is 2.26. The van der Waals surface area contributed by atoms with Crippen molar-refractivity contribution in [2.24, 2.45) is 0 Å². The van der Waals surface area contributed by atoms with Gasteiger partial charge in [0.05, 0.1) is 16.1 Å². The smallest absolute Gasteiger partial charge is 0.301 e. The van der Waals surface area contributed by atoms with Gasteiger partial charge in [0.15, 0.2) is 0 Å². The van der Waals surface area contributed by atoms with E-state index in [1.54, 1.807) is 18.2 Å². The van der Waals surface area contributed by atoms with Crippen LogP contribution in [0.1, 0.15) is 5.56 Å². The summed E-state index contributed by atoms with van der Waals surface area (Å²) >= 11 is 0. The number of anilines is 1. The zero-order valence-corrected chi connectivity index (χ0v) is 14.8. The maximum absolute atomic E-state index is 11.7. The van der Waals surface area contributed by atoms with Crippen molar-refractivity contribution in [2.45, 2.75) is 0 Å². The third-order valence-corrected chi connectivity index (χ3v) is 4.78. The first-order chi connectivity index (χ1) is 13.6. The van der Waals surface area contributed by atoms with Gasteiger partial charge in [-0.1, -0.05) is 66.7 Å². The van der Waals surface area contributed by atoms with Gasteiger partial charge in [-0.25, -0.2) is 0 Å². The normalized spacial score (nSPS) is 10.5. The van der Waals surface area contributed by atoms with Crippen LogP contribution in [0.5, 0.6) is 0 Å². The number of nitriles is 1. The second-order valence-corrected chi connectivity index (χ2v) is 6.41. The Labute approximate surface area is 161 Å². The lowest BCUT2D eigenvalue weighted by Crippen LogP contribution is -2.03. The summed E-state index contributed by atoms with van der Waals surface area (Å²) in [5.41, 5.74) is 8.31. The number of rotatable bonds is 3. The van der Waals surface area contributed by atoms with E-state index in [0.29, 0.717) is 16.7 Å². The van der Waals surface area contributed by atoms with Crippen molar-refractivity contribution in [3.63, 3.8) is 0 Å². The van der Waals surface area contributed by atoms with Gasteiger partial charge in [-0.2, -0.15) is 5.26 Å². The number of nitrogen functional groups attached to an aromatic ring is 1. The minimum atomic E-state index is -0.525. The van der Waals surface area contributed by atoms with Crippen LogP contribution in [0, 0.1) is 21.4 Å². The monoisotopic (exact) mass is 365 g/mol. The summed E-state index contributed by atoms with van der Waals surface area (Å²) in [6.07, 6.45) is 0. The lowest BCUT2D eigenvalue weighted by molar-refractivity contribution is -0.383. The zero-order valence-electron chi connectivity index (χ0n) is 14.8. The van der Waals surface area contributed by atoms with E-state index < -0.39 is 4.92 Å². The summed E-state index contributed by atoms with van der Waals surface area (Å²) in [5, 5.41) is 23.5. The summed E-state index contributed by atoms with van der Waals surface area (Å²) in [7, 11) is 0. The van der Waals surface area contributed by atoms with E-state index >= 15 is 0 Å². The molecule has 0 amide bonds. The molecule has 5 nitrogen and oxygen atoms in total. The zero-order chi connectivity index (χ0) is 19.7. The third-order valence-electron chi connectivity index (χ3n) is 4.78. The number of hydrogen-bond donors (Lipinski definition) is 1. The molecule has 0 aromatic heterocycles. The van der Waals surface area contributed by atoms with Crippen molar-refractivity contribution in [3.05, 3.63) is 94.5 Å². The molecule has 4 aromatic rings. The largest absolute Gasteiger partial charge is 0.392 e. The Kier molecular flexibility index (Phi) is 4.23. The molecule has 0 radical (unpaired) electrons. The first-order valence-electron chi connectivity index (χ1n) is 8.65. The first kappa shape index (κ1) is 17.3. The molecule has 0 bridgehead atoms. The lowest BCUT2D eigenvalue weighted by Gasteiger charge is -2.13. The van der Waals surface area contributed by atoms with Crippen molar-refractivity contribution in [1.29, 1.82) is 5.26 Å². The van der Waals surface area contributed by atoms with Crippen molar-refractivity contribution in [1.82, 2.24) is 0 Å². The standard InChI is InChI=1S/C23H15N3O2/c24-14-21-19(18-11-10-15-6-4-5-9-17(15)12-18)13-20(16-7-2-1-3-8-16)23(22(21)25)26(27)28/h1-13H,25H2. The Hall–Kier alpha value is -4.17. The van der Waals surface area contributed by atoms with Crippen LogP contribution in [0.25, 0.3) is 33.0 Å². The molecule has 0 aliphatic rings. The van der Waals surface area contributed by atoms with E-state index in [4.69, 9.17) is 5.73 Å². The molecule has 0 atom stereocenters. The van der Waals surface area contributed by atoms with Gasteiger partial charge < -0.3 is 5.73 Å².